The third kappa shape index (κ3) is 5.38. The number of ether oxygens (including phenoxy) is 1. The van der Waals surface area contributed by atoms with E-state index in [4.69, 9.17) is 4.74 Å². The van der Waals surface area contributed by atoms with Gasteiger partial charge in [0.2, 0.25) is 17.7 Å². The normalized spacial score (nSPS) is 22.4. The van der Waals surface area contributed by atoms with E-state index < -0.39 is 23.8 Å². The van der Waals surface area contributed by atoms with E-state index in [-0.39, 0.29) is 35.7 Å². The molecule has 3 fully saturated rings. The van der Waals surface area contributed by atoms with Crippen molar-refractivity contribution in [1.29, 1.82) is 0 Å². The molecule has 0 unspecified atom stereocenters. The van der Waals surface area contributed by atoms with E-state index in [0.717, 1.165) is 25.7 Å². The summed E-state index contributed by atoms with van der Waals surface area (Å²) >= 11 is 0. The van der Waals surface area contributed by atoms with Gasteiger partial charge in [0.05, 0.1) is 18.0 Å². The van der Waals surface area contributed by atoms with Gasteiger partial charge in [0.25, 0.3) is 0 Å². The van der Waals surface area contributed by atoms with Crippen molar-refractivity contribution in [2.45, 2.75) is 70.0 Å². The number of para-hydroxylation sites is 1. The summed E-state index contributed by atoms with van der Waals surface area (Å²) in [5.74, 6) is -0.520. The number of aromatic amines is 1. The van der Waals surface area contributed by atoms with Crippen LogP contribution in [0.1, 0.15) is 63.7 Å². The lowest BCUT2D eigenvalue weighted by molar-refractivity contribution is -0.138. The minimum Gasteiger partial charge on any atom is -0.381 e. The monoisotopic (exact) mass is 499 g/mol. The highest BCUT2D eigenvalue weighted by molar-refractivity contribution is 5.93. The first-order chi connectivity index (χ1) is 17.4. The number of rotatable bonds is 8. The maximum atomic E-state index is 14.1. The number of hydrogen-bond donors (Lipinski definition) is 3. The standard InChI is InChI=1S/C26H34FN5O4/c1-15(24-29-19-5-2-4-18(27)23(19)31-24)28-26(35)20(30-25(34)17-9-12-36-13-10-17)14-22(33)32-11-3-6-21(32)16-7-8-16/h2,4-5,15-17,20-21H,3,6-14H2,1H3,(H,28,35)(H,29,31)(H,30,34)/t15-,20-,21-/m0/s1. The first-order valence-corrected chi connectivity index (χ1v) is 13.0. The third-order valence-corrected chi connectivity index (χ3v) is 7.64. The Labute approximate surface area is 209 Å². The summed E-state index contributed by atoms with van der Waals surface area (Å²) in [7, 11) is 0. The number of amides is 3. The average Bonchev–Trinajstić information content (AvgIpc) is 3.42. The number of benzene rings is 1. The average molecular weight is 500 g/mol. The lowest BCUT2D eigenvalue weighted by Gasteiger charge is -2.29. The zero-order valence-electron chi connectivity index (χ0n) is 20.6. The molecule has 1 aromatic heterocycles. The summed E-state index contributed by atoms with van der Waals surface area (Å²) in [6.45, 7) is 3.44. The number of carbonyl (C=O) groups is 3. The summed E-state index contributed by atoms with van der Waals surface area (Å²) in [6.07, 6.45) is 5.35. The van der Waals surface area contributed by atoms with Crippen molar-refractivity contribution in [3.63, 3.8) is 0 Å². The number of carbonyl (C=O) groups excluding carboxylic acids is 3. The second-order valence-electron chi connectivity index (χ2n) is 10.3. The van der Waals surface area contributed by atoms with E-state index in [1.54, 1.807) is 19.1 Å². The van der Waals surface area contributed by atoms with Crippen LogP contribution in [0, 0.1) is 17.7 Å². The van der Waals surface area contributed by atoms with Gasteiger partial charge in [-0.3, -0.25) is 14.4 Å². The number of aromatic nitrogens is 2. The number of hydrogen-bond acceptors (Lipinski definition) is 5. The Kier molecular flexibility index (Phi) is 7.22. The minimum atomic E-state index is -1.00. The summed E-state index contributed by atoms with van der Waals surface area (Å²) in [4.78, 5) is 48.9. The Bertz CT molecular complexity index is 1130. The van der Waals surface area contributed by atoms with Crippen LogP contribution in [0.3, 0.4) is 0 Å². The Morgan fingerprint density at radius 2 is 1.94 bits per heavy atom. The van der Waals surface area contributed by atoms with E-state index >= 15 is 0 Å². The summed E-state index contributed by atoms with van der Waals surface area (Å²) in [6, 6.07) is 3.30. The first kappa shape index (κ1) is 24.7. The van der Waals surface area contributed by atoms with Crippen molar-refractivity contribution in [2.75, 3.05) is 19.8 Å². The van der Waals surface area contributed by atoms with E-state index in [0.29, 0.717) is 49.9 Å². The molecule has 0 radical (unpaired) electrons. The highest BCUT2D eigenvalue weighted by atomic mass is 19.1. The van der Waals surface area contributed by atoms with E-state index in [2.05, 4.69) is 20.6 Å². The number of fused-ring (bicyclic) bond motifs is 1. The molecule has 2 aliphatic heterocycles. The molecular formula is C26H34FN5O4. The van der Waals surface area contributed by atoms with Crippen LogP contribution < -0.4 is 10.6 Å². The molecule has 3 amide bonds. The second kappa shape index (κ2) is 10.5. The summed E-state index contributed by atoms with van der Waals surface area (Å²) in [5, 5.41) is 5.71. The predicted molar refractivity (Wildman–Crippen MR) is 130 cm³/mol. The van der Waals surface area contributed by atoms with Gasteiger partial charge in [-0.2, -0.15) is 0 Å². The number of nitrogens with one attached hydrogen (secondary N) is 3. The second-order valence-corrected chi connectivity index (χ2v) is 10.3. The van der Waals surface area contributed by atoms with Gasteiger partial charge in [-0.25, -0.2) is 9.37 Å². The van der Waals surface area contributed by atoms with Crippen LogP contribution >= 0.6 is 0 Å². The number of likely N-dealkylation sites (tertiary alicyclic amines) is 1. The largest absolute Gasteiger partial charge is 0.381 e. The highest BCUT2D eigenvalue weighted by Gasteiger charge is 2.41. The molecule has 3 N–H and O–H groups in total. The minimum absolute atomic E-state index is 0.0918. The van der Waals surface area contributed by atoms with Gasteiger partial charge in [-0.1, -0.05) is 6.07 Å². The quantitative estimate of drug-likeness (QED) is 0.516. The zero-order valence-corrected chi connectivity index (χ0v) is 20.6. The molecule has 3 atom stereocenters. The molecule has 2 aromatic rings. The number of H-pyrrole nitrogens is 1. The topological polar surface area (TPSA) is 116 Å². The Hall–Kier alpha value is -3.01. The maximum absolute atomic E-state index is 14.1. The van der Waals surface area contributed by atoms with Crippen LogP contribution in [-0.4, -0.2) is 64.4 Å². The Morgan fingerprint density at radius 3 is 2.67 bits per heavy atom. The molecular weight excluding hydrogens is 465 g/mol. The van der Waals surface area contributed by atoms with Crippen molar-refractivity contribution < 1.29 is 23.5 Å². The van der Waals surface area contributed by atoms with Crippen molar-refractivity contribution in [3.05, 3.63) is 29.8 Å². The van der Waals surface area contributed by atoms with Gasteiger partial charge < -0.3 is 25.3 Å². The zero-order chi connectivity index (χ0) is 25.2. The summed E-state index contributed by atoms with van der Waals surface area (Å²) < 4.78 is 19.4. The van der Waals surface area contributed by atoms with Crippen LogP contribution in [-0.2, 0) is 19.1 Å². The van der Waals surface area contributed by atoms with Gasteiger partial charge in [-0.05, 0) is 63.5 Å². The highest BCUT2D eigenvalue weighted by Crippen LogP contribution is 2.40. The lowest BCUT2D eigenvalue weighted by Crippen LogP contribution is -2.52. The fourth-order valence-corrected chi connectivity index (χ4v) is 5.43. The van der Waals surface area contributed by atoms with Crippen LogP contribution in [0.25, 0.3) is 11.0 Å². The molecule has 10 heteroatoms. The molecule has 3 aliphatic rings. The molecule has 1 aromatic carbocycles. The molecule has 1 aliphatic carbocycles. The Balaban J connectivity index is 1.29. The van der Waals surface area contributed by atoms with E-state index in [1.165, 1.54) is 6.07 Å². The van der Waals surface area contributed by atoms with Crippen molar-refractivity contribution in [2.24, 2.45) is 11.8 Å². The third-order valence-electron chi connectivity index (χ3n) is 7.64. The molecule has 2 saturated heterocycles. The van der Waals surface area contributed by atoms with Gasteiger partial charge in [0, 0.05) is 31.7 Å². The molecule has 3 heterocycles. The molecule has 5 rings (SSSR count). The van der Waals surface area contributed by atoms with Gasteiger partial charge in [0.1, 0.15) is 17.4 Å². The van der Waals surface area contributed by atoms with E-state index in [9.17, 15) is 18.8 Å². The van der Waals surface area contributed by atoms with Crippen LogP contribution in [0.5, 0.6) is 0 Å². The maximum Gasteiger partial charge on any atom is 0.243 e. The predicted octanol–water partition coefficient (Wildman–Crippen LogP) is 2.58. The number of halogens is 1. The molecule has 0 spiro atoms. The number of nitrogens with zero attached hydrogens (tertiary/aromatic N) is 2. The SMILES string of the molecule is C[C@H](NC(=O)[C@H](CC(=O)N1CCC[C@H]1C1CC1)NC(=O)C1CCOCC1)c1nc2c(F)cccc2[nH]1. The van der Waals surface area contributed by atoms with Crippen LogP contribution in [0.2, 0.25) is 0 Å². The molecule has 194 valence electrons. The van der Waals surface area contributed by atoms with E-state index in [1.807, 2.05) is 4.90 Å². The van der Waals surface area contributed by atoms with Crippen molar-refractivity contribution >= 4 is 28.8 Å². The first-order valence-electron chi connectivity index (χ1n) is 13.0. The van der Waals surface area contributed by atoms with Crippen molar-refractivity contribution in [3.8, 4) is 0 Å². The molecule has 9 nitrogen and oxygen atoms in total. The van der Waals surface area contributed by atoms with Gasteiger partial charge in [-0.15, -0.1) is 0 Å². The Morgan fingerprint density at radius 1 is 1.17 bits per heavy atom. The number of imidazole rings is 1. The van der Waals surface area contributed by atoms with Crippen molar-refractivity contribution in [1.82, 2.24) is 25.5 Å². The fourth-order valence-electron chi connectivity index (χ4n) is 5.43. The lowest BCUT2D eigenvalue weighted by atomic mass is 9.98. The fraction of sp³-hybridized carbons (Fsp3) is 0.615. The molecule has 0 bridgehead atoms. The van der Waals surface area contributed by atoms with Gasteiger partial charge >= 0.3 is 0 Å². The van der Waals surface area contributed by atoms with Gasteiger partial charge in [0.15, 0.2) is 5.82 Å². The molecule has 1 saturated carbocycles. The molecule has 36 heavy (non-hydrogen) atoms. The van der Waals surface area contributed by atoms with Crippen LogP contribution in [0.4, 0.5) is 4.39 Å². The summed E-state index contributed by atoms with van der Waals surface area (Å²) in [5.41, 5.74) is 0.735. The van der Waals surface area contributed by atoms with Crippen LogP contribution in [0.15, 0.2) is 18.2 Å². The smallest absolute Gasteiger partial charge is 0.243 e.